The largest absolute Gasteiger partial charge is 0.456 e. The molecule has 10 aromatic carbocycles. The number of para-hydroxylation sites is 2. The van der Waals surface area contributed by atoms with Crippen LogP contribution in [-0.2, 0) is 11.8 Å². The minimum Gasteiger partial charge on any atom is -0.456 e. The second kappa shape index (κ2) is 14.2. The summed E-state index contributed by atoms with van der Waals surface area (Å²) in [6.45, 7) is 0. The Labute approximate surface area is 393 Å². The van der Waals surface area contributed by atoms with Crippen LogP contribution in [0, 0.1) is 0 Å². The van der Waals surface area contributed by atoms with Crippen molar-refractivity contribution in [1.29, 1.82) is 0 Å². The Hall–Kier alpha value is -8.66. The van der Waals surface area contributed by atoms with E-state index in [4.69, 9.17) is 8.83 Å². The molecule has 0 saturated heterocycles. The first-order chi connectivity index (χ1) is 33.7. The lowest BCUT2D eigenvalue weighted by molar-refractivity contribution is 0.591. The second-order valence-electron chi connectivity index (χ2n) is 18.6. The number of nitrogens with zero attached hydrogens (tertiary/aromatic N) is 1. The standard InChI is InChI=1S/C65H41NO2/c1-2-15-42-38-63-55(36-41(42)14-1)54-37-43(30-35-62(54)67-63)46-16-6-11-26-60(46)66(44-31-28-40(29-32-44)47-21-13-22-53-52-20-7-12-27-61(52)68-64(47)53)45-33-34-51-50-19-5-10-25-58(50)65(59(51)39-45)56-23-8-3-17-48(56)49-18-4-9-24-57(49)65/h1-12,14-21,23-39H,13,22H2. The maximum absolute atomic E-state index is 6.59. The molecule has 3 aliphatic rings. The Morgan fingerprint density at radius 1 is 0.382 bits per heavy atom. The molecule has 3 heteroatoms. The molecular formula is C65H41NO2. The number of hydrogen-bond donors (Lipinski definition) is 0. The molecule has 2 heterocycles. The highest BCUT2D eigenvalue weighted by molar-refractivity contribution is 6.11. The molecule has 68 heavy (non-hydrogen) atoms. The highest BCUT2D eigenvalue weighted by Crippen LogP contribution is 2.63. The predicted octanol–water partition coefficient (Wildman–Crippen LogP) is 17.3. The van der Waals surface area contributed by atoms with Crippen molar-refractivity contribution in [3.8, 4) is 33.4 Å². The van der Waals surface area contributed by atoms with Crippen LogP contribution in [0.5, 0.6) is 0 Å². The third kappa shape index (κ3) is 5.19. The number of hydrogen-bond acceptors (Lipinski definition) is 3. The lowest BCUT2D eigenvalue weighted by atomic mass is 9.70. The van der Waals surface area contributed by atoms with Gasteiger partial charge in [-0.2, -0.15) is 0 Å². The highest BCUT2D eigenvalue weighted by atomic mass is 16.3. The van der Waals surface area contributed by atoms with Crippen molar-refractivity contribution in [3.63, 3.8) is 0 Å². The fourth-order valence-corrected chi connectivity index (χ4v) is 12.2. The van der Waals surface area contributed by atoms with Gasteiger partial charge in [-0.3, -0.25) is 0 Å². The van der Waals surface area contributed by atoms with E-state index in [2.05, 4.69) is 229 Å². The summed E-state index contributed by atoms with van der Waals surface area (Å²) in [5.74, 6) is 0.989. The third-order valence-corrected chi connectivity index (χ3v) is 15.2. The zero-order valence-corrected chi connectivity index (χ0v) is 37.0. The molecular weight excluding hydrogens is 827 g/mol. The normalized spacial score (nSPS) is 14.0. The number of rotatable bonds is 5. The van der Waals surface area contributed by atoms with Gasteiger partial charge in [0.25, 0.3) is 0 Å². The van der Waals surface area contributed by atoms with Gasteiger partial charge in [0.05, 0.1) is 11.1 Å². The number of allylic oxidation sites excluding steroid dienone is 1. The molecule has 3 aliphatic carbocycles. The Kier molecular flexibility index (Phi) is 7.83. The Bertz CT molecular complexity index is 4040. The van der Waals surface area contributed by atoms with E-state index in [9.17, 15) is 0 Å². The van der Waals surface area contributed by atoms with Gasteiger partial charge in [-0.15, -0.1) is 0 Å². The van der Waals surface area contributed by atoms with Gasteiger partial charge in [-0.1, -0.05) is 164 Å². The van der Waals surface area contributed by atoms with E-state index in [1.807, 2.05) is 0 Å². The van der Waals surface area contributed by atoms with Gasteiger partial charge in [-0.25, -0.2) is 0 Å². The minimum absolute atomic E-state index is 0.473. The molecule has 0 unspecified atom stereocenters. The molecule has 0 saturated carbocycles. The zero-order valence-electron chi connectivity index (χ0n) is 37.0. The minimum atomic E-state index is -0.473. The van der Waals surface area contributed by atoms with Crippen LogP contribution in [0.1, 0.15) is 45.6 Å². The van der Waals surface area contributed by atoms with E-state index in [0.29, 0.717) is 0 Å². The second-order valence-corrected chi connectivity index (χ2v) is 18.6. The maximum atomic E-state index is 6.59. The topological polar surface area (TPSA) is 29.5 Å². The van der Waals surface area contributed by atoms with Crippen molar-refractivity contribution >= 4 is 66.3 Å². The van der Waals surface area contributed by atoms with Crippen molar-refractivity contribution in [1.82, 2.24) is 0 Å². The van der Waals surface area contributed by atoms with Crippen LogP contribution in [0.15, 0.2) is 233 Å². The van der Waals surface area contributed by atoms with Gasteiger partial charge >= 0.3 is 0 Å². The molecule has 12 aromatic rings. The Morgan fingerprint density at radius 3 is 1.71 bits per heavy atom. The molecule has 0 fully saturated rings. The van der Waals surface area contributed by atoms with Crippen LogP contribution in [0.4, 0.5) is 17.1 Å². The molecule has 318 valence electrons. The van der Waals surface area contributed by atoms with Crippen molar-refractivity contribution in [3.05, 3.63) is 264 Å². The smallest absolute Gasteiger partial charge is 0.138 e. The fourth-order valence-electron chi connectivity index (χ4n) is 12.2. The molecule has 0 bridgehead atoms. The molecule has 1 spiro atoms. The van der Waals surface area contributed by atoms with Gasteiger partial charge in [-0.05, 0) is 140 Å². The maximum Gasteiger partial charge on any atom is 0.138 e. The van der Waals surface area contributed by atoms with Crippen LogP contribution < -0.4 is 4.90 Å². The first-order valence-electron chi connectivity index (χ1n) is 23.7. The average Bonchev–Trinajstić information content (AvgIpc) is 4.13. The molecule has 2 aromatic heterocycles. The average molecular weight is 868 g/mol. The summed E-state index contributed by atoms with van der Waals surface area (Å²) in [5, 5.41) is 5.82. The number of benzene rings is 10. The molecule has 3 nitrogen and oxygen atoms in total. The molecule has 0 N–H and O–H groups in total. The monoisotopic (exact) mass is 867 g/mol. The van der Waals surface area contributed by atoms with E-state index >= 15 is 0 Å². The first-order valence-corrected chi connectivity index (χ1v) is 23.7. The summed E-state index contributed by atoms with van der Waals surface area (Å²) in [4.78, 5) is 2.47. The van der Waals surface area contributed by atoms with E-state index in [1.165, 1.54) is 66.2 Å². The number of furan rings is 2. The summed E-state index contributed by atoms with van der Waals surface area (Å²) >= 11 is 0. The lowest BCUT2D eigenvalue weighted by Gasteiger charge is -2.32. The summed E-state index contributed by atoms with van der Waals surface area (Å²) in [6, 6.07) is 80.4. The first kappa shape index (κ1) is 37.5. The zero-order chi connectivity index (χ0) is 44.5. The van der Waals surface area contributed by atoms with Crippen LogP contribution in [-0.4, -0.2) is 0 Å². The quantitative estimate of drug-likeness (QED) is 0.173. The van der Waals surface area contributed by atoms with Gasteiger partial charge in [0.15, 0.2) is 0 Å². The third-order valence-electron chi connectivity index (χ3n) is 15.2. The molecule has 0 radical (unpaired) electrons. The van der Waals surface area contributed by atoms with Crippen molar-refractivity contribution in [2.24, 2.45) is 0 Å². The van der Waals surface area contributed by atoms with Gasteiger partial charge in [0.1, 0.15) is 22.5 Å². The molecule has 15 rings (SSSR count). The van der Waals surface area contributed by atoms with Gasteiger partial charge in [0.2, 0.25) is 0 Å². The van der Waals surface area contributed by atoms with E-state index in [-0.39, 0.29) is 0 Å². The summed E-state index contributed by atoms with van der Waals surface area (Å²) in [5.41, 5.74) is 21.8. The van der Waals surface area contributed by atoms with Crippen LogP contribution in [0.25, 0.3) is 82.6 Å². The van der Waals surface area contributed by atoms with Crippen molar-refractivity contribution in [2.45, 2.75) is 18.3 Å². The Balaban J connectivity index is 0.942. The molecule has 0 atom stereocenters. The number of aryl methyl sites for hydroxylation is 1. The van der Waals surface area contributed by atoms with E-state index < -0.39 is 5.41 Å². The SMILES string of the molecule is C1=C(c2ccc(N(c3ccc4c(c3)C3(c5ccccc5-c5ccccc53)c3ccccc3-4)c3ccccc3-c3ccc4oc5cc6ccccc6cc5c4c3)cc2)c2oc3ccccc3c2CC1. The number of fused-ring (bicyclic) bond motifs is 17. The molecule has 0 amide bonds. The van der Waals surface area contributed by atoms with Gasteiger partial charge < -0.3 is 13.7 Å². The fraction of sp³-hybridized carbons (Fsp3) is 0.0462. The number of anilines is 3. The van der Waals surface area contributed by atoms with Crippen molar-refractivity contribution in [2.75, 3.05) is 4.90 Å². The summed E-state index contributed by atoms with van der Waals surface area (Å²) in [6.07, 6.45) is 4.31. The van der Waals surface area contributed by atoms with Gasteiger partial charge in [0, 0.05) is 44.2 Å². The van der Waals surface area contributed by atoms with E-state index in [0.717, 1.165) is 85.4 Å². The van der Waals surface area contributed by atoms with Crippen LogP contribution >= 0.6 is 0 Å². The van der Waals surface area contributed by atoms with E-state index in [1.54, 1.807) is 0 Å². The molecule has 0 aliphatic heterocycles. The van der Waals surface area contributed by atoms with Crippen LogP contribution in [0.2, 0.25) is 0 Å². The van der Waals surface area contributed by atoms with Crippen molar-refractivity contribution < 1.29 is 8.83 Å². The summed E-state index contributed by atoms with van der Waals surface area (Å²) < 4.78 is 13.1. The Morgan fingerprint density at radius 2 is 0.956 bits per heavy atom. The van der Waals surface area contributed by atoms with Crippen LogP contribution in [0.3, 0.4) is 0 Å². The highest BCUT2D eigenvalue weighted by Gasteiger charge is 2.51. The predicted molar refractivity (Wildman–Crippen MR) is 279 cm³/mol. The summed E-state index contributed by atoms with van der Waals surface area (Å²) in [7, 11) is 0. The lowest BCUT2D eigenvalue weighted by Crippen LogP contribution is -2.26.